The van der Waals surface area contributed by atoms with Gasteiger partial charge in [0.2, 0.25) is 10.0 Å². The molecular formula is C9H9N3O4S2. The van der Waals surface area contributed by atoms with Crippen molar-refractivity contribution in [2.45, 2.75) is 0 Å². The zero-order valence-corrected chi connectivity index (χ0v) is 10.8. The molecule has 0 aliphatic carbocycles. The maximum Gasteiger partial charge on any atom is 0.348 e. The first-order valence-corrected chi connectivity index (χ1v) is 7.38. The minimum atomic E-state index is -3.47. The van der Waals surface area contributed by atoms with E-state index in [0.29, 0.717) is 10.2 Å². The Labute approximate surface area is 106 Å². The smallest absolute Gasteiger partial charge is 0.348 e. The number of rotatable bonds is 3. The van der Waals surface area contributed by atoms with Crippen LogP contribution in [0.15, 0.2) is 12.3 Å². The highest BCUT2D eigenvalue weighted by Gasteiger charge is 2.19. The number of pyridine rings is 1. The molecule has 0 bridgehead atoms. The van der Waals surface area contributed by atoms with E-state index < -0.39 is 16.0 Å². The van der Waals surface area contributed by atoms with Crippen LogP contribution in [0.25, 0.3) is 10.2 Å². The van der Waals surface area contributed by atoms with Crippen LogP contribution in [0.4, 0.5) is 11.4 Å². The Bertz CT molecular complexity index is 736. The number of hydrogen-bond donors (Lipinski definition) is 3. The lowest BCUT2D eigenvalue weighted by atomic mass is 10.2. The van der Waals surface area contributed by atoms with Gasteiger partial charge in [-0.3, -0.25) is 4.72 Å². The average molecular weight is 287 g/mol. The van der Waals surface area contributed by atoms with E-state index >= 15 is 0 Å². The summed E-state index contributed by atoms with van der Waals surface area (Å²) in [5.74, 6) is -1.17. The number of aromatic carboxylic acids is 1. The molecule has 4 N–H and O–H groups in total. The van der Waals surface area contributed by atoms with Gasteiger partial charge in [0.1, 0.15) is 9.71 Å². The van der Waals surface area contributed by atoms with Gasteiger partial charge in [-0.15, -0.1) is 11.3 Å². The number of carboxylic acids is 1. The number of aromatic nitrogens is 1. The lowest BCUT2D eigenvalue weighted by molar-refractivity contribution is 0.0703. The zero-order valence-electron chi connectivity index (χ0n) is 9.17. The van der Waals surface area contributed by atoms with Crippen molar-refractivity contribution in [1.29, 1.82) is 0 Å². The molecule has 0 aliphatic heterocycles. The molecule has 0 radical (unpaired) electrons. The largest absolute Gasteiger partial charge is 0.477 e. The van der Waals surface area contributed by atoms with Crippen LogP contribution >= 0.6 is 11.3 Å². The molecule has 2 rings (SSSR count). The minimum Gasteiger partial charge on any atom is -0.477 e. The first-order chi connectivity index (χ1) is 8.29. The maximum absolute atomic E-state index is 11.2. The lowest BCUT2D eigenvalue weighted by Gasteiger charge is -2.05. The van der Waals surface area contributed by atoms with E-state index in [2.05, 4.69) is 9.71 Å². The highest BCUT2D eigenvalue weighted by atomic mass is 32.2. The summed E-state index contributed by atoms with van der Waals surface area (Å²) in [6.07, 6.45) is 2.39. The molecule has 0 saturated heterocycles. The monoisotopic (exact) mass is 287 g/mol. The summed E-state index contributed by atoms with van der Waals surface area (Å²) >= 11 is 0.902. The second-order valence-electron chi connectivity index (χ2n) is 3.56. The number of thiophene rings is 1. The summed E-state index contributed by atoms with van der Waals surface area (Å²) in [5, 5.41) is 9.26. The lowest BCUT2D eigenvalue weighted by Crippen LogP contribution is -2.10. The van der Waals surface area contributed by atoms with Gasteiger partial charge in [0.25, 0.3) is 0 Å². The van der Waals surface area contributed by atoms with Gasteiger partial charge in [-0.25, -0.2) is 18.2 Å². The Morgan fingerprint density at radius 3 is 2.78 bits per heavy atom. The molecule has 0 aromatic carbocycles. The number of nitrogen functional groups attached to an aromatic ring is 1. The van der Waals surface area contributed by atoms with Gasteiger partial charge in [-0.1, -0.05) is 0 Å². The van der Waals surface area contributed by atoms with E-state index in [9.17, 15) is 13.2 Å². The maximum atomic E-state index is 11.2. The van der Waals surface area contributed by atoms with Crippen LogP contribution in [0.1, 0.15) is 9.67 Å². The summed E-state index contributed by atoms with van der Waals surface area (Å²) in [5.41, 5.74) is 5.96. The highest BCUT2D eigenvalue weighted by molar-refractivity contribution is 7.92. The van der Waals surface area contributed by atoms with Crippen molar-refractivity contribution in [1.82, 2.24) is 4.98 Å². The van der Waals surface area contributed by atoms with Crippen molar-refractivity contribution in [3.63, 3.8) is 0 Å². The van der Waals surface area contributed by atoms with Crippen molar-refractivity contribution >= 4 is 48.9 Å². The number of anilines is 2. The number of nitrogens with two attached hydrogens (primary N) is 1. The van der Waals surface area contributed by atoms with Gasteiger partial charge in [0.05, 0.1) is 23.0 Å². The van der Waals surface area contributed by atoms with Crippen molar-refractivity contribution in [2.75, 3.05) is 16.7 Å². The molecule has 2 aromatic heterocycles. The van der Waals surface area contributed by atoms with Gasteiger partial charge >= 0.3 is 5.97 Å². The van der Waals surface area contributed by atoms with Crippen LogP contribution in [0.2, 0.25) is 0 Å². The number of nitrogens with one attached hydrogen (secondary N) is 1. The molecule has 0 aliphatic rings. The quantitative estimate of drug-likeness (QED) is 0.772. The molecule has 0 atom stereocenters. The topological polar surface area (TPSA) is 122 Å². The number of nitrogens with zero attached hydrogens (tertiary/aromatic N) is 1. The Kier molecular flexibility index (Phi) is 2.87. The standard InChI is InChI=1S/C9H9N3O4S2/c1-18(15,16)12-4-2-3-11-8-5(4)6(10)7(17-8)9(13)14/h2-3H,10H2,1H3,(H,11,12)(H,13,14). The number of carboxylic acid groups (broad SMARTS) is 1. The summed E-state index contributed by atoms with van der Waals surface area (Å²) in [7, 11) is -3.47. The first-order valence-electron chi connectivity index (χ1n) is 4.67. The van der Waals surface area contributed by atoms with Gasteiger partial charge < -0.3 is 10.8 Å². The second kappa shape index (κ2) is 4.10. The third kappa shape index (κ3) is 2.22. The predicted molar refractivity (Wildman–Crippen MR) is 69.5 cm³/mol. The van der Waals surface area contributed by atoms with Crippen molar-refractivity contribution in [3.8, 4) is 0 Å². The first kappa shape index (κ1) is 12.6. The van der Waals surface area contributed by atoms with E-state index in [1.54, 1.807) is 0 Å². The SMILES string of the molecule is CS(=O)(=O)Nc1ccnc2sc(C(=O)O)c(N)c12. The summed E-state index contributed by atoms with van der Waals surface area (Å²) < 4.78 is 24.7. The summed E-state index contributed by atoms with van der Waals surface area (Å²) in [4.78, 5) is 15.2. The normalized spacial score (nSPS) is 11.6. The number of carbonyl (C=O) groups is 1. The average Bonchev–Trinajstić information content (AvgIpc) is 2.55. The molecule has 0 fully saturated rings. The van der Waals surface area contributed by atoms with E-state index in [1.165, 1.54) is 12.3 Å². The van der Waals surface area contributed by atoms with E-state index in [0.717, 1.165) is 17.6 Å². The summed E-state index contributed by atoms with van der Waals surface area (Å²) in [6, 6.07) is 1.43. The third-order valence-electron chi connectivity index (χ3n) is 2.12. The summed E-state index contributed by atoms with van der Waals surface area (Å²) in [6.45, 7) is 0. The highest BCUT2D eigenvalue weighted by Crippen LogP contribution is 2.37. The fourth-order valence-corrected chi connectivity index (χ4v) is 2.99. The van der Waals surface area contributed by atoms with Crippen LogP contribution in [0, 0.1) is 0 Å². The van der Waals surface area contributed by atoms with Gasteiger partial charge in [0.15, 0.2) is 0 Å². The molecule has 7 nitrogen and oxygen atoms in total. The van der Waals surface area contributed by atoms with Gasteiger partial charge in [-0.05, 0) is 6.07 Å². The molecule has 0 spiro atoms. The van der Waals surface area contributed by atoms with Crippen LogP contribution < -0.4 is 10.5 Å². The van der Waals surface area contributed by atoms with Crippen LogP contribution in [0.5, 0.6) is 0 Å². The fourth-order valence-electron chi connectivity index (χ4n) is 1.49. The van der Waals surface area contributed by atoms with E-state index in [-0.39, 0.29) is 16.3 Å². The molecule has 0 unspecified atom stereocenters. The van der Waals surface area contributed by atoms with Crippen molar-refractivity contribution < 1.29 is 18.3 Å². The molecule has 0 saturated carbocycles. The molecule has 18 heavy (non-hydrogen) atoms. The van der Waals surface area contributed by atoms with Gasteiger partial charge in [-0.2, -0.15) is 0 Å². The molecule has 2 heterocycles. The Balaban J connectivity index is 2.73. The molecule has 2 aromatic rings. The van der Waals surface area contributed by atoms with Crippen LogP contribution in [0.3, 0.4) is 0 Å². The van der Waals surface area contributed by atoms with Crippen molar-refractivity contribution in [2.24, 2.45) is 0 Å². The van der Waals surface area contributed by atoms with Crippen LogP contribution in [-0.2, 0) is 10.0 Å². The third-order valence-corrected chi connectivity index (χ3v) is 3.81. The van der Waals surface area contributed by atoms with Crippen LogP contribution in [-0.4, -0.2) is 30.7 Å². The molecular weight excluding hydrogens is 278 g/mol. The van der Waals surface area contributed by atoms with Crippen molar-refractivity contribution in [3.05, 3.63) is 17.1 Å². The molecule has 0 amide bonds. The minimum absolute atomic E-state index is 0.0155. The Morgan fingerprint density at radius 2 is 2.22 bits per heavy atom. The predicted octanol–water partition coefficient (Wildman–Crippen LogP) is 0.948. The number of sulfonamides is 1. The van der Waals surface area contributed by atoms with Gasteiger partial charge in [0, 0.05) is 6.20 Å². The second-order valence-corrected chi connectivity index (χ2v) is 6.31. The molecule has 9 heteroatoms. The number of fused-ring (bicyclic) bond motifs is 1. The zero-order chi connectivity index (χ0) is 13.5. The fraction of sp³-hybridized carbons (Fsp3) is 0.111. The number of hydrogen-bond acceptors (Lipinski definition) is 6. The van der Waals surface area contributed by atoms with E-state index in [4.69, 9.17) is 10.8 Å². The van der Waals surface area contributed by atoms with E-state index in [1.807, 2.05) is 0 Å². The molecule has 96 valence electrons. The Hall–Kier alpha value is -1.87. The Morgan fingerprint density at radius 1 is 1.56 bits per heavy atom.